The molecule has 1 aromatic heterocycles. The third-order valence-corrected chi connectivity index (χ3v) is 4.29. The van der Waals surface area contributed by atoms with Gasteiger partial charge in [0.05, 0.1) is 5.92 Å². The molecule has 2 fully saturated rings. The number of fused-ring (bicyclic) bond motifs is 2. The molecule has 106 valence electrons. The lowest BCUT2D eigenvalue weighted by Gasteiger charge is -2.28. The van der Waals surface area contributed by atoms with E-state index in [4.69, 9.17) is 0 Å². The summed E-state index contributed by atoms with van der Waals surface area (Å²) in [6.07, 6.45) is 5.88. The highest BCUT2D eigenvalue weighted by Gasteiger charge is 2.51. The highest BCUT2D eigenvalue weighted by Crippen LogP contribution is 2.48. The number of anilines is 1. The van der Waals surface area contributed by atoms with E-state index in [0.29, 0.717) is 0 Å². The van der Waals surface area contributed by atoms with Crippen LogP contribution in [0, 0.1) is 17.8 Å². The molecule has 3 rings (SSSR count). The zero-order valence-electron chi connectivity index (χ0n) is 10.8. The zero-order chi connectivity index (χ0) is 14.1. The minimum Gasteiger partial charge on any atom is -0.481 e. The Balaban J connectivity index is 1.65. The number of rotatable bonds is 3. The molecule has 1 aromatic rings. The molecule has 1 heterocycles. The van der Waals surface area contributed by atoms with Crippen molar-refractivity contribution >= 4 is 17.9 Å². The maximum absolute atomic E-state index is 11.9. The van der Waals surface area contributed by atoms with E-state index in [2.05, 4.69) is 20.6 Å². The predicted molar refractivity (Wildman–Crippen MR) is 69.9 cm³/mol. The van der Waals surface area contributed by atoms with Gasteiger partial charge >= 0.3 is 12.0 Å². The largest absolute Gasteiger partial charge is 0.481 e. The first-order valence-corrected chi connectivity index (χ1v) is 6.72. The highest BCUT2D eigenvalue weighted by molar-refractivity contribution is 5.88. The van der Waals surface area contributed by atoms with Gasteiger partial charge in [-0.05, 0) is 37.2 Å². The molecule has 2 saturated carbocycles. The van der Waals surface area contributed by atoms with Crippen LogP contribution >= 0.6 is 0 Å². The summed E-state index contributed by atoms with van der Waals surface area (Å²) in [6, 6.07) is 0.911. The number of aliphatic carboxylic acids is 1. The van der Waals surface area contributed by atoms with Gasteiger partial charge in [-0.1, -0.05) is 0 Å². The van der Waals surface area contributed by atoms with Crippen molar-refractivity contribution in [3.05, 3.63) is 18.5 Å². The third-order valence-electron chi connectivity index (χ3n) is 4.29. The predicted octanol–water partition coefficient (Wildman–Crippen LogP) is 1.10. The van der Waals surface area contributed by atoms with Crippen LogP contribution in [-0.4, -0.2) is 33.1 Å². The van der Waals surface area contributed by atoms with E-state index in [0.717, 1.165) is 19.3 Å². The lowest BCUT2D eigenvalue weighted by molar-refractivity contribution is -0.144. The van der Waals surface area contributed by atoms with Crippen LogP contribution in [0.3, 0.4) is 0 Å². The molecule has 4 atom stereocenters. The Kier molecular flexibility index (Phi) is 3.25. The van der Waals surface area contributed by atoms with Gasteiger partial charge in [-0.3, -0.25) is 10.1 Å². The summed E-state index contributed by atoms with van der Waals surface area (Å²) in [5, 5.41) is 14.6. The number of nitrogens with zero attached hydrogens (tertiary/aromatic N) is 2. The van der Waals surface area contributed by atoms with Gasteiger partial charge in [-0.25, -0.2) is 14.8 Å². The van der Waals surface area contributed by atoms with E-state index < -0.39 is 17.9 Å². The minimum atomic E-state index is -0.821. The number of carbonyl (C=O) groups is 2. The summed E-state index contributed by atoms with van der Waals surface area (Å²) >= 11 is 0. The molecule has 7 nitrogen and oxygen atoms in total. The molecular weight excluding hydrogens is 260 g/mol. The molecule has 2 aliphatic carbocycles. The first-order valence-electron chi connectivity index (χ1n) is 6.72. The Bertz CT molecular complexity index is 522. The fourth-order valence-corrected chi connectivity index (χ4v) is 3.51. The summed E-state index contributed by atoms with van der Waals surface area (Å²) in [6.45, 7) is 0. The van der Waals surface area contributed by atoms with Gasteiger partial charge in [0.15, 0.2) is 0 Å². The number of carboxylic acid groups (broad SMARTS) is 1. The molecule has 0 saturated heterocycles. The molecule has 0 spiro atoms. The van der Waals surface area contributed by atoms with Gasteiger partial charge in [-0.15, -0.1) is 0 Å². The lowest BCUT2D eigenvalue weighted by atomic mass is 9.84. The van der Waals surface area contributed by atoms with E-state index >= 15 is 0 Å². The number of carbonyl (C=O) groups excluding carboxylic acids is 1. The molecule has 2 aliphatic rings. The van der Waals surface area contributed by atoms with Crippen LogP contribution < -0.4 is 10.6 Å². The molecule has 20 heavy (non-hydrogen) atoms. The van der Waals surface area contributed by atoms with Gasteiger partial charge in [0.2, 0.25) is 5.95 Å². The van der Waals surface area contributed by atoms with Crippen molar-refractivity contribution in [3.63, 3.8) is 0 Å². The number of carboxylic acids is 1. The van der Waals surface area contributed by atoms with Crippen LogP contribution in [0.1, 0.15) is 19.3 Å². The summed E-state index contributed by atoms with van der Waals surface area (Å²) in [5.74, 6) is -0.631. The summed E-state index contributed by atoms with van der Waals surface area (Å²) < 4.78 is 0. The normalized spacial score (nSPS) is 31.0. The second-order valence-corrected chi connectivity index (χ2v) is 5.39. The van der Waals surface area contributed by atoms with Crippen LogP contribution in [0.25, 0.3) is 0 Å². The van der Waals surface area contributed by atoms with Gasteiger partial charge in [0, 0.05) is 18.4 Å². The van der Waals surface area contributed by atoms with Gasteiger partial charge < -0.3 is 10.4 Å². The highest BCUT2D eigenvalue weighted by atomic mass is 16.4. The van der Waals surface area contributed by atoms with Gasteiger partial charge in [0.25, 0.3) is 0 Å². The summed E-state index contributed by atoms with van der Waals surface area (Å²) in [5.41, 5.74) is 0. The molecule has 0 aromatic carbocycles. The zero-order valence-corrected chi connectivity index (χ0v) is 10.8. The van der Waals surface area contributed by atoms with Crippen molar-refractivity contribution in [2.75, 3.05) is 5.32 Å². The number of urea groups is 1. The maximum Gasteiger partial charge on any atom is 0.321 e. The third kappa shape index (κ3) is 2.31. The Morgan fingerprint density at radius 1 is 1.20 bits per heavy atom. The second kappa shape index (κ2) is 5.07. The quantitative estimate of drug-likeness (QED) is 0.766. The molecular formula is C13H16N4O3. The average Bonchev–Trinajstić information content (AvgIpc) is 3.00. The lowest BCUT2D eigenvalue weighted by Crippen LogP contribution is -2.48. The maximum atomic E-state index is 11.9. The Morgan fingerprint density at radius 3 is 2.60 bits per heavy atom. The fourth-order valence-electron chi connectivity index (χ4n) is 3.51. The fraction of sp³-hybridized carbons (Fsp3) is 0.538. The van der Waals surface area contributed by atoms with Gasteiger partial charge in [0.1, 0.15) is 0 Å². The Morgan fingerprint density at radius 2 is 1.90 bits per heavy atom. The number of amides is 2. The average molecular weight is 276 g/mol. The molecule has 2 bridgehead atoms. The molecule has 7 heteroatoms. The van der Waals surface area contributed by atoms with E-state index in [1.165, 1.54) is 12.4 Å². The van der Waals surface area contributed by atoms with Crippen molar-refractivity contribution in [1.82, 2.24) is 15.3 Å². The Hall–Kier alpha value is -2.18. The molecule has 3 N–H and O–H groups in total. The van der Waals surface area contributed by atoms with Crippen molar-refractivity contribution in [1.29, 1.82) is 0 Å². The van der Waals surface area contributed by atoms with E-state index in [1.54, 1.807) is 6.07 Å². The van der Waals surface area contributed by atoms with E-state index in [-0.39, 0.29) is 23.8 Å². The molecule has 2 amide bonds. The molecule has 0 radical (unpaired) electrons. The monoisotopic (exact) mass is 276 g/mol. The standard InChI is InChI=1S/C13H16N4O3/c18-11(19)9-7-2-3-8(6-7)10(9)16-13(20)17-12-14-4-1-5-15-12/h1,4-5,7-10H,2-3,6H2,(H,18,19)(H2,14,15,16,17,20). The van der Waals surface area contributed by atoms with Crippen LogP contribution in [0.5, 0.6) is 0 Å². The van der Waals surface area contributed by atoms with Crippen LogP contribution in [0.4, 0.5) is 10.7 Å². The number of aromatic nitrogens is 2. The molecule has 0 aliphatic heterocycles. The van der Waals surface area contributed by atoms with E-state index in [9.17, 15) is 14.7 Å². The number of hydrogen-bond acceptors (Lipinski definition) is 4. The summed E-state index contributed by atoms with van der Waals surface area (Å²) in [7, 11) is 0. The van der Waals surface area contributed by atoms with Crippen molar-refractivity contribution in [2.45, 2.75) is 25.3 Å². The SMILES string of the molecule is O=C(Nc1ncccn1)NC1C2CCC(C2)C1C(=O)O. The van der Waals surface area contributed by atoms with Crippen LogP contribution in [0.15, 0.2) is 18.5 Å². The molecule has 4 unspecified atom stereocenters. The Labute approximate surface area is 115 Å². The first kappa shape index (κ1) is 12.8. The van der Waals surface area contributed by atoms with E-state index in [1.807, 2.05) is 0 Å². The number of hydrogen-bond donors (Lipinski definition) is 3. The van der Waals surface area contributed by atoms with Gasteiger partial charge in [-0.2, -0.15) is 0 Å². The summed E-state index contributed by atoms with van der Waals surface area (Å²) in [4.78, 5) is 31.1. The second-order valence-electron chi connectivity index (χ2n) is 5.39. The topological polar surface area (TPSA) is 104 Å². The van der Waals surface area contributed by atoms with Crippen molar-refractivity contribution < 1.29 is 14.7 Å². The van der Waals surface area contributed by atoms with Crippen molar-refractivity contribution in [2.24, 2.45) is 17.8 Å². The van der Waals surface area contributed by atoms with Crippen molar-refractivity contribution in [3.8, 4) is 0 Å². The smallest absolute Gasteiger partial charge is 0.321 e. The minimum absolute atomic E-state index is 0.191. The van der Waals surface area contributed by atoms with Crippen LogP contribution in [0.2, 0.25) is 0 Å². The first-order chi connectivity index (χ1) is 9.65. The number of nitrogens with one attached hydrogen (secondary N) is 2. The van der Waals surface area contributed by atoms with Crippen LogP contribution in [-0.2, 0) is 4.79 Å².